The minimum Gasteiger partial charge on any atom is -0.489 e. The number of nitrogens with zero attached hydrogens (tertiary/aromatic N) is 1. The van der Waals surface area contributed by atoms with Gasteiger partial charge in [0.05, 0.1) is 6.10 Å². The molecule has 1 atom stereocenters. The molecule has 0 amide bonds. The smallest absolute Gasteiger partial charge is 0.119 e. The topological polar surface area (TPSA) is 44.7 Å². The second kappa shape index (κ2) is 8.17. The van der Waals surface area contributed by atoms with E-state index >= 15 is 0 Å². The summed E-state index contributed by atoms with van der Waals surface area (Å²) in [6.45, 7) is 11.5. The summed E-state index contributed by atoms with van der Waals surface area (Å²) in [4.78, 5) is 2.39. The van der Waals surface area contributed by atoms with Crippen molar-refractivity contribution in [2.45, 2.75) is 19.4 Å². The minimum atomic E-state index is -0.407. The Bertz CT molecular complexity index is 439. The van der Waals surface area contributed by atoms with Crippen molar-refractivity contribution in [3.8, 4) is 5.75 Å². The van der Waals surface area contributed by atoms with E-state index < -0.39 is 6.10 Å². The highest BCUT2D eigenvalue weighted by molar-refractivity contribution is 5.28. The van der Waals surface area contributed by atoms with Crippen LogP contribution < -0.4 is 10.1 Å². The van der Waals surface area contributed by atoms with E-state index in [1.807, 2.05) is 31.2 Å². The summed E-state index contributed by atoms with van der Waals surface area (Å²) in [6.07, 6.45) is 0.362. The molecular weight excluding hydrogens is 264 g/mol. The number of ether oxygens (including phenoxy) is 1. The molecular formula is C17H26N2O2. The fraction of sp³-hybridized carbons (Fsp3) is 0.529. The molecule has 1 aliphatic heterocycles. The summed E-state index contributed by atoms with van der Waals surface area (Å²) in [5.74, 6) is 0.816. The molecule has 0 aliphatic carbocycles. The summed E-state index contributed by atoms with van der Waals surface area (Å²) < 4.78 is 5.56. The first-order chi connectivity index (χ1) is 10.1. The van der Waals surface area contributed by atoms with E-state index in [1.165, 1.54) is 0 Å². The van der Waals surface area contributed by atoms with Gasteiger partial charge in [0.1, 0.15) is 12.4 Å². The monoisotopic (exact) mass is 290 g/mol. The first kappa shape index (κ1) is 16.0. The summed E-state index contributed by atoms with van der Waals surface area (Å²) in [7, 11) is 0. The second-order valence-corrected chi connectivity index (χ2v) is 5.71. The Morgan fingerprint density at radius 2 is 2.00 bits per heavy atom. The second-order valence-electron chi connectivity index (χ2n) is 5.71. The maximum absolute atomic E-state index is 10.3. The van der Waals surface area contributed by atoms with Crippen molar-refractivity contribution in [3.05, 3.63) is 42.0 Å². The van der Waals surface area contributed by atoms with Gasteiger partial charge in [-0.25, -0.2) is 0 Å². The van der Waals surface area contributed by atoms with Crippen molar-refractivity contribution in [1.82, 2.24) is 10.2 Å². The van der Waals surface area contributed by atoms with Crippen LogP contribution in [0, 0.1) is 0 Å². The lowest BCUT2D eigenvalue weighted by Crippen LogP contribution is -2.44. The summed E-state index contributed by atoms with van der Waals surface area (Å²) in [5.41, 5.74) is 1.95. The van der Waals surface area contributed by atoms with Crippen LogP contribution >= 0.6 is 0 Å². The Hall–Kier alpha value is -1.36. The highest BCUT2D eigenvalue weighted by Gasteiger charge is 2.13. The van der Waals surface area contributed by atoms with Crippen molar-refractivity contribution < 1.29 is 9.84 Å². The van der Waals surface area contributed by atoms with Crippen LogP contribution in [-0.2, 0) is 0 Å². The van der Waals surface area contributed by atoms with Gasteiger partial charge in [0.2, 0.25) is 0 Å². The molecule has 1 saturated heterocycles. The van der Waals surface area contributed by atoms with Crippen LogP contribution in [-0.4, -0.2) is 49.3 Å². The van der Waals surface area contributed by atoms with Crippen molar-refractivity contribution in [2.75, 3.05) is 39.3 Å². The van der Waals surface area contributed by atoms with Gasteiger partial charge in [-0.3, -0.25) is 0 Å². The van der Waals surface area contributed by atoms with Gasteiger partial charge < -0.3 is 20.1 Å². The zero-order chi connectivity index (χ0) is 15.1. The SMILES string of the molecule is C=C(C)COc1ccc(C(O)CCN2CCNCC2)cc1. The Labute approximate surface area is 127 Å². The number of hydrogen-bond donors (Lipinski definition) is 2. The first-order valence-corrected chi connectivity index (χ1v) is 7.63. The van der Waals surface area contributed by atoms with E-state index in [0.29, 0.717) is 6.61 Å². The minimum absolute atomic E-state index is 0.407. The van der Waals surface area contributed by atoms with Gasteiger partial charge in [0, 0.05) is 32.7 Å². The third-order valence-corrected chi connectivity index (χ3v) is 3.68. The number of piperazine rings is 1. The Morgan fingerprint density at radius 3 is 2.62 bits per heavy atom. The van der Waals surface area contributed by atoms with Crippen molar-refractivity contribution in [1.29, 1.82) is 0 Å². The average molecular weight is 290 g/mol. The number of nitrogens with one attached hydrogen (secondary N) is 1. The molecule has 21 heavy (non-hydrogen) atoms. The fourth-order valence-corrected chi connectivity index (χ4v) is 2.40. The molecule has 1 aromatic carbocycles. The van der Waals surface area contributed by atoms with Gasteiger partial charge in [-0.05, 0) is 36.6 Å². The highest BCUT2D eigenvalue weighted by Crippen LogP contribution is 2.21. The van der Waals surface area contributed by atoms with Crippen LogP contribution in [0.1, 0.15) is 25.0 Å². The number of hydrogen-bond acceptors (Lipinski definition) is 4. The Balaban J connectivity index is 1.78. The van der Waals surface area contributed by atoms with E-state index in [9.17, 15) is 5.11 Å². The molecule has 1 unspecified atom stereocenters. The van der Waals surface area contributed by atoms with Crippen LogP contribution in [0.5, 0.6) is 5.75 Å². The lowest BCUT2D eigenvalue weighted by atomic mass is 10.1. The maximum Gasteiger partial charge on any atom is 0.119 e. The van der Waals surface area contributed by atoms with E-state index in [1.54, 1.807) is 0 Å². The average Bonchev–Trinajstić information content (AvgIpc) is 2.52. The quantitative estimate of drug-likeness (QED) is 0.754. The third-order valence-electron chi connectivity index (χ3n) is 3.68. The number of benzene rings is 1. The molecule has 0 radical (unpaired) electrons. The highest BCUT2D eigenvalue weighted by atomic mass is 16.5. The van der Waals surface area contributed by atoms with Gasteiger partial charge in [-0.1, -0.05) is 18.7 Å². The standard InChI is InChI=1S/C17H26N2O2/c1-14(2)13-21-16-5-3-15(4-6-16)17(20)7-10-19-11-8-18-9-12-19/h3-6,17-18,20H,1,7-13H2,2H3. The van der Waals surface area contributed by atoms with Gasteiger partial charge in [0.25, 0.3) is 0 Å². The zero-order valence-electron chi connectivity index (χ0n) is 12.8. The maximum atomic E-state index is 10.3. The van der Waals surface area contributed by atoms with E-state index in [4.69, 9.17) is 4.74 Å². The van der Waals surface area contributed by atoms with Gasteiger partial charge in [-0.15, -0.1) is 0 Å². The Morgan fingerprint density at radius 1 is 1.33 bits per heavy atom. The molecule has 1 heterocycles. The number of aliphatic hydroxyl groups is 1. The van der Waals surface area contributed by atoms with Gasteiger partial charge >= 0.3 is 0 Å². The molecule has 0 bridgehead atoms. The van der Waals surface area contributed by atoms with Crippen LogP contribution in [0.3, 0.4) is 0 Å². The van der Waals surface area contributed by atoms with Crippen LogP contribution in [0.25, 0.3) is 0 Å². The lowest BCUT2D eigenvalue weighted by Gasteiger charge is -2.28. The fourth-order valence-electron chi connectivity index (χ4n) is 2.40. The molecule has 1 fully saturated rings. The van der Waals surface area contributed by atoms with Crippen molar-refractivity contribution >= 4 is 0 Å². The number of rotatable bonds is 7. The van der Waals surface area contributed by atoms with Crippen LogP contribution in [0.2, 0.25) is 0 Å². The van der Waals surface area contributed by atoms with Crippen molar-refractivity contribution in [2.24, 2.45) is 0 Å². The normalized spacial score (nSPS) is 17.4. The molecule has 2 N–H and O–H groups in total. The van der Waals surface area contributed by atoms with E-state index in [-0.39, 0.29) is 0 Å². The molecule has 2 rings (SSSR count). The summed E-state index contributed by atoms with van der Waals surface area (Å²) in [6, 6.07) is 7.70. The molecule has 0 aromatic heterocycles. The third kappa shape index (κ3) is 5.50. The molecule has 0 saturated carbocycles. The van der Waals surface area contributed by atoms with Crippen LogP contribution in [0.15, 0.2) is 36.4 Å². The molecule has 4 nitrogen and oxygen atoms in total. The predicted molar refractivity (Wildman–Crippen MR) is 85.6 cm³/mol. The van der Waals surface area contributed by atoms with E-state index in [0.717, 1.165) is 56.0 Å². The van der Waals surface area contributed by atoms with Gasteiger partial charge in [0.15, 0.2) is 0 Å². The van der Waals surface area contributed by atoms with Crippen molar-refractivity contribution in [3.63, 3.8) is 0 Å². The molecule has 116 valence electrons. The van der Waals surface area contributed by atoms with E-state index in [2.05, 4.69) is 16.8 Å². The molecule has 1 aromatic rings. The summed E-state index contributed by atoms with van der Waals surface area (Å²) in [5, 5.41) is 13.6. The Kier molecular flexibility index (Phi) is 6.23. The largest absolute Gasteiger partial charge is 0.489 e. The van der Waals surface area contributed by atoms with Gasteiger partial charge in [-0.2, -0.15) is 0 Å². The summed E-state index contributed by atoms with van der Waals surface area (Å²) >= 11 is 0. The lowest BCUT2D eigenvalue weighted by molar-refractivity contribution is 0.136. The molecule has 1 aliphatic rings. The molecule has 4 heteroatoms. The van der Waals surface area contributed by atoms with Crippen LogP contribution in [0.4, 0.5) is 0 Å². The number of aliphatic hydroxyl groups excluding tert-OH is 1. The first-order valence-electron chi connectivity index (χ1n) is 7.63. The molecule has 0 spiro atoms. The predicted octanol–water partition coefficient (Wildman–Crippen LogP) is 1.97. The zero-order valence-corrected chi connectivity index (χ0v) is 12.8.